The van der Waals surface area contributed by atoms with Gasteiger partial charge in [0.25, 0.3) is 0 Å². The van der Waals surface area contributed by atoms with Crippen LogP contribution in [0, 0.1) is 0 Å². The van der Waals surface area contributed by atoms with E-state index in [4.69, 9.17) is 15.2 Å². The van der Waals surface area contributed by atoms with Crippen molar-refractivity contribution in [2.45, 2.75) is 13.3 Å². The van der Waals surface area contributed by atoms with Crippen molar-refractivity contribution in [2.75, 3.05) is 20.0 Å². The van der Waals surface area contributed by atoms with Gasteiger partial charge in [-0.2, -0.15) is 0 Å². The number of ether oxygens (including phenoxy) is 2. The second kappa shape index (κ2) is 5.56. The molecule has 5 heteroatoms. The molecule has 0 aliphatic rings. The molecule has 1 heterocycles. The fourth-order valence-corrected chi connectivity index (χ4v) is 1.85. The Morgan fingerprint density at radius 2 is 1.89 bits per heavy atom. The third kappa shape index (κ3) is 2.76. The fourth-order valence-electron chi connectivity index (χ4n) is 1.85. The van der Waals surface area contributed by atoms with Crippen LogP contribution in [-0.2, 0) is 6.42 Å². The van der Waals surface area contributed by atoms with Crippen LogP contribution >= 0.6 is 0 Å². The molecule has 0 unspecified atom stereocenters. The lowest BCUT2D eigenvalue weighted by atomic mass is 10.1. The van der Waals surface area contributed by atoms with E-state index in [1.54, 1.807) is 14.2 Å². The lowest BCUT2D eigenvalue weighted by Crippen LogP contribution is -2.01. The Morgan fingerprint density at radius 1 is 1.11 bits per heavy atom. The van der Waals surface area contributed by atoms with Crippen molar-refractivity contribution in [1.82, 2.24) is 9.97 Å². The number of aromatic nitrogens is 2. The number of nitrogen functional groups attached to an aromatic ring is 1. The zero-order valence-electron chi connectivity index (χ0n) is 11.3. The van der Waals surface area contributed by atoms with E-state index in [2.05, 4.69) is 9.97 Å². The monoisotopic (exact) mass is 259 g/mol. The van der Waals surface area contributed by atoms with Gasteiger partial charge in [-0.25, -0.2) is 9.97 Å². The summed E-state index contributed by atoms with van der Waals surface area (Å²) in [4.78, 5) is 8.44. The minimum absolute atomic E-state index is 0.263. The van der Waals surface area contributed by atoms with Crippen molar-refractivity contribution >= 4 is 5.95 Å². The van der Waals surface area contributed by atoms with Gasteiger partial charge in [0.05, 0.1) is 19.9 Å². The van der Waals surface area contributed by atoms with Crippen LogP contribution < -0.4 is 15.2 Å². The van der Waals surface area contributed by atoms with Gasteiger partial charge in [-0.05, 0) is 30.7 Å². The fraction of sp³-hybridized carbons (Fsp3) is 0.286. The van der Waals surface area contributed by atoms with Gasteiger partial charge in [-0.15, -0.1) is 0 Å². The summed E-state index contributed by atoms with van der Waals surface area (Å²) in [6.07, 6.45) is 0.798. The molecule has 2 aromatic rings. The van der Waals surface area contributed by atoms with Crippen molar-refractivity contribution in [3.63, 3.8) is 0 Å². The second-order valence-electron chi connectivity index (χ2n) is 4.02. The van der Waals surface area contributed by atoms with Crippen molar-refractivity contribution in [3.05, 3.63) is 30.0 Å². The molecular formula is C14H17N3O2. The number of hydrogen-bond donors (Lipinski definition) is 1. The van der Waals surface area contributed by atoms with Crippen LogP contribution in [0.5, 0.6) is 11.5 Å². The molecule has 1 aromatic carbocycles. The van der Waals surface area contributed by atoms with Crippen LogP contribution in [0.1, 0.15) is 12.6 Å². The highest BCUT2D eigenvalue weighted by molar-refractivity contribution is 5.70. The molecule has 100 valence electrons. The molecule has 0 fully saturated rings. The molecule has 0 atom stereocenters. The third-order valence-electron chi connectivity index (χ3n) is 2.84. The number of rotatable bonds is 4. The van der Waals surface area contributed by atoms with Crippen LogP contribution in [0.15, 0.2) is 24.3 Å². The van der Waals surface area contributed by atoms with E-state index in [-0.39, 0.29) is 5.95 Å². The standard InChI is InChI=1S/C14H17N3O2/c1-4-9-7-12(17-14(15)16-9)11-8-10(18-2)5-6-13(11)19-3/h5-8H,4H2,1-3H3,(H2,15,16,17). The largest absolute Gasteiger partial charge is 0.497 e. The Labute approximate surface area is 112 Å². The maximum absolute atomic E-state index is 5.74. The highest BCUT2D eigenvalue weighted by Crippen LogP contribution is 2.32. The summed E-state index contributed by atoms with van der Waals surface area (Å²) in [5, 5.41) is 0. The second-order valence-corrected chi connectivity index (χ2v) is 4.02. The Hall–Kier alpha value is -2.30. The average molecular weight is 259 g/mol. The molecule has 0 radical (unpaired) electrons. The molecule has 0 amide bonds. The van der Waals surface area contributed by atoms with E-state index in [0.29, 0.717) is 0 Å². The minimum Gasteiger partial charge on any atom is -0.497 e. The predicted octanol–water partition coefficient (Wildman–Crippen LogP) is 2.31. The van der Waals surface area contributed by atoms with Gasteiger partial charge in [0.1, 0.15) is 11.5 Å². The number of aryl methyl sites for hydroxylation is 1. The van der Waals surface area contributed by atoms with Crippen LogP contribution in [0.4, 0.5) is 5.95 Å². The van der Waals surface area contributed by atoms with Gasteiger partial charge >= 0.3 is 0 Å². The van der Waals surface area contributed by atoms with E-state index >= 15 is 0 Å². The van der Waals surface area contributed by atoms with Gasteiger partial charge in [0, 0.05) is 11.3 Å². The summed E-state index contributed by atoms with van der Waals surface area (Å²) in [5.41, 5.74) is 8.21. The maximum Gasteiger partial charge on any atom is 0.220 e. The SMILES string of the molecule is CCc1cc(-c2cc(OC)ccc2OC)nc(N)n1. The van der Waals surface area contributed by atoms with Crippen molar-refractivity contribution in [1.29, 1.82) is 0 Å². The number of methoxy groups -OCH3 is 2. The molecule has 0 saturated heterocycles. The van der Waals surface area contributed by atoms with Gasteiger partial charge in [0.2, 0.25) is 5.95 Å². The van der Waals surface area contributed by atoms with E-state index in [0.717, 1.165) is 34.9 Å². The third-order valence-corrected chi connectivity index (χ3v) is 2.84. The minimum atomic E-state index is 0.263. The Kier molecular flexibility index (Phi) is 3.85. The molecule has 2 N–H and O–H groups in total. The first-order valence-electron chi connectivity index (χ1n) is 6.03. The summed E-state index contributed by atoms with van der Waals surface area (Å²) in [6.45, 7) is 2.02. The van der Waals surface area contributed by atoms with Crippen LogP contribution in [0.3, 0.4) is 0 Å². The molecule has 5 nitrogen and oxygen atoms in total. The first kappa shape index (κ1) is 13.1. The quantitative estimate of drug-likeness (QED) is 0.912. The molecule has 2 rings (SSSR count). The van der Waals surface area contributed by atoms with Crippen LogP contribution in [0.25, 0.3) is 11.3 Å². The first-order valence-corrected chi connectivity index (χ1v) is 6.03. The first-order chi connectivity index (χ1) is 9.17. The van der Waals surface area contributed by atoms with Gasteiger partial charge in [0.15, 0.2) is 0 Å². The Morgan fingerprint density at radius 3 is 2.53 bits per heavy atom. The van der Waals surface area contributed by atoms with Crippen molar-refractivity contribution in [2.24, 2.45) is 0 Å². The van der Waals surface area contributed by atoms with Gasteiger partial charge < -0.3 is 15.2 Å². The zero-order valence-corrected chi connectivity index (χ0v) is 11.3. The lowest BCUT2D eigenvalue weighted by molar-refractivity contribution is 0.404. The van der Waals surface area contributed by atoms with Crippen molar-refractivity contribution in [3.8, 4) is 22.8 Å². The normalized spacial score (nSPS) is 10.3. The highest BCUT2D eigenvalue weighted by atomic mass is 16.5. The summed E-state index contributed by atoms with van der Waals surface area (Å²) in [5.74, 6) is 1.73. The zero-order chi connectivity index (χ0) is 13.8. The topological polar surface area (TPSA) is 70.3 Å². The molecule has 0 spiro atoms. The summed E-state index contributed by atoms with van der Waals surface area (Å²) in [7, 11) is 3.24. The maximum atomic E-state index is 5.74. The summed E-state index contributed by atoms with van der Waals surface area (Å²) < 4.78 is 10.6. The molecular weight excluding hydrogens is 242 g/mol. The number of benzene rings is 1. The number of nitrogens with zero attached hydrogens (tertiary/aromatic N) is 2. The number of hydrogen-bond acceptors (Lipinski definition) is 5. The van der Waals surface area contributed by atoms with Crippen molar-refractivity contribution < 1.29 is 9.47 Å². The molecule has 0 bridgehead atoms. The molecule has 0 aliphatic carbocycles. The van der Waals surface area contributed by atoms with E-state index in [9.17, 15) is 0 Å². The average Bonchev–Trinajstić information content (AvgIpc) is 2.45. The van der Waals surface area contributed by atoms with E-state index in [1.807, 2.05) is 31.2 Å². The van der Waals surface area contributed by atoms with Gasteiger partial charge in [-0.1, -0.05) is 6.92 Å². The van der Waals surface area contributed by atoms with Crippen LogP contribution in [0.2, 0.25) is 0 Å². The molecule has 0 aliphatic heterocycles. The smallest absolute Gasteiger partial charge is 0.220 e. The summed E-state index contributed by atoms with van der Waals surface area (Å²) >= 11 is 0. The number of anilines is 1. The molecule has 1 aromatic heterocycles. The van der Waals surface area contributed by atoms with E-state index in [1.165, 1.54) is 0 Å². The summed E-state index contributed by atoms with van der Waals surface area (Å²) in [6, 6.07) is 7.47. The van der Waals surface area contributed by atoms with E-state index < -0.39 is 0 Å². The number of nitrogens with two attached hydrogens (primary N) is 1. The highest BCUT2D eigenvalue weighted by Gasteiger charge is 2.11. The molecule has 19 heavy (non-hydrogen) atoms. The lowest BCUT2D eigenvalue weighted by Gasteiger charge is -2.11. The predicted molar refractivity (Wildman–Crippen MR) is 74.4 cm³/mol. The molecule has 0 saturated carbocycles. The van der Waals surface area contributed by atoms with Gasteiger partial charge in [-0.3, -0.25) is 0 Å². The Bertz CT molecular complexity index is 585. The Balaban J connectivity index is 2.59. The van der Waals surface area contributed by atoms with Crippen LogP contribution in [-0.4, -0.2) is 24.2 Å².